The minimum absolute atomic E-state index is 0.499. The van der Waals surface area contributed by atoms with Crippen LogP contribution < -0.4 is 0 Å². The molecule has 1 atom stereocenters. The van der Waals surface area contributed by atoms with E-state index in [1.54, 1.807) is 13.1 Å². The van der Waals surface area contributed by atoms with Crippen LogP contribution in [0.5, 0.6) is 0 Å². The van der Waals surface area contributed by atoms with Crippen LogP contribution in [0.25, 0.3) is 0 Å². The average molecular weight is 178 g/mol. The molecule has 1 heterocycles. The Bertz CT molecular complexity index is 319. The zero-order valence-corrected chi connectivity index (χ0v) is 7.99. The fraction of sp³-hybridized carbons (Fsp3) is 0.500. The van der Waals surface area contributed by atoms with E-state index in [1.165, 1.54) is 0 Å². The molecule has 0 fully saturated rings. The number of aryl methyl sites for hydroxylation is 1. The van der Waals surface area contributed by atoms with Crippen molar-refractivity contribution in [1.82, 2.24) is 9.55 Å². The normalized spacial score (nSPS) is 11.9. The van der Waals surface area contributed by atoms with Gasteiger partial charge in [0.1, 0.15) is 11.9 Å². The van der Waals surface area contributed by atoms with Gasteiger partial charge in [-0.05, 0) is 13.3 Å². The van der Waals surface area contributed by atoms with Gasteiger partial charge in [-0.1, -0.05) is 0 Å². The highest BCUT2D eigenvalue weighted by atomic mass is 16.3. The van der Waals surface area contributed by atoms with Crippen molar-refractivity contribution in [3.8, 4) is 11.8 Å². The summed E-state index contributed by atoms with van der Waals surface area (Å²) in [6.07, 6.45) is 4.37. The first-order chi connectivity index (χ1) is 6.25. The molecule has 0 aliphatic rings. The molecule has 0 saturated heterocycles. The molecule has 1 aromatic rings. The number of hydrogen-bond donors (Lipinski definition) is 1. The van der Waals surface area contributed by atoms with Crippen molar-refractivity contribution in [3.63, 3.8) is 0 Å². The van der Waals surface area contributed by atoms with E-state index in [-0.39, 0.29) is 0 Å². The van der Waals surface area contributed by atoms with Crippen LogP contribution >= 0.6 is 0 Å². The molecule has 1 N–H and O–H groups in total. The van der Waals surface area contributed by atoms with Crippen molar-refractivity contribution in [2.45, 2.75) is 25.9 Å². The number of nitrogens with zero attached hydrogens (tertiary/aromatic N) is 2. The van der Waals surface area contributed by atoms with Crippen LogP contribution in [0.1, 0.15) is 31.7 Å². The molecule has 0 aromatic carbocycles. The lowest BCUT2D eigenvalue weighted by Gasteiger charge is -2.07. The predicted molar refractivity (Wildman–Crippen MR) is 50.9 cm³/mol. The van der Waals surface area contributed by atoms with Crippen LogP contribution in [0, 0.1) is 11.8 Å². The monoisotopic (exact) mass is 178 g/mol. The van der Waals surface area contributed by atoms with Crippen molar-refractivity contribution >= 4 is 0 Å². The topological polar surface area (TPSA) is 38.1 Å². The van der Waals surface area contributed by atoms with Crippen LogP contribution in [-0.4, -0.2) is 14.7 Å². The molecule has 0 bridgehead atoms. The molecule has 0 amide bonds. The van der Waals surface area contributed by atoms with Gasteiger partial charge in [0.15, 0.2) is 0 Å². The molecule has 70 valence electrons. The van der Waals surface area contributed by atoms with E-state index >= 15 is 0 Å². The van der Waals surface area contributed by atoms with E-state index in [0.717, 1.165) is 0 Å². The van der Waals surface area contributed by atoms with Gasteiger partial charge in [-0.25, -0.2) is 4.98 Å². The molecule has 1 aromatic heterocycles. The van der Waals surface area contributed by atoms with Gasteiger partial charge >= 0.3 is 0 Å². The van der Waals surface area contributed by atoms with Crippen molar-refractivity contribution in [2.24, 2.45) is 7.05 Å². The Morgan fingerprint density at radius 3 is 3.00 bits per heavy atom. The summed E-state index contributed by atoms with van der Waals surface area (Å²) in [6.45, 7) is 1.80. The number of aliphatic hydroxyl groups excluding tert-OH is 1. The van der Waals surface area contributed by atoms with E-state index in [9.17, 15) is 5.11 Å². The Kier molecular flexibility index (Phi) is 3.53. The Balaban J connectivity index is 2.52. The molecule has 1 unspecified atom stereocenters. The van der Waals surface area contributed by atoms with E-state index < -0.39 is 6.10 Å². The quantitative estimate of drug-likeness (QED) is 0.707. The number of aliphatic hydroxyl groups is 1. The first-order valence-corrected chi connectivity index (χ1v) is 4.30. The minimum Gasteiger partial charge on any atom is -0.385 e. The van der Waals surface area contributed by atoms with Gasteiger partial charge < -0.3 is 9.67 Å². The van der Waals surface area contributed by atoms with Gasteiger partial charge in [0.25, 0.3) is 0 Å². The summed E-state index contributed by atoms with van der Waals surface area (Å²) < 4.78 is 1.82. The predicted octanol–water partition coefficient (Wildman–Crippen LogP) is 1.26. The highest BCUT2D eigenvalue weighted by molar-refractivity contribution is 4.99. The van der Waals surface area contributed by atoms with Crippen molar-refractivity contribution in [3.05, 3.63) is 18.2 Å². The second kappa shape index (κ2) is 4.68. The maximum atomic E-state index is 9.67. The van der Waals surface area contributed by atoms with Crippen molar-refractivity contribution < 1.29 is 5.11 Å². The lowest BCUT2D eigenvalue weighted by atomic mass is 10.2. The van der Waals surface area contributed by atoms with Crippen LogP contribution in [0.3, 0.4) is 0 Å². The smallest absolute Gasteiger partial charge is 0.137 e. The summed E-state index contributed by atoms with van der Waals surface area (Å²) in [5.41, 5.74) is 0. The standard InChI is InChI=1S/C10H14N2O/c1-3-4-5-6-9(13)10-11-7-8-12(10)2/h7-9,13H,5-6H2,1-2H3. The zero-order valence-electron chi connectivity index (χ0n) is 7.99. The first-order valence-electron chi connectivity index (χ1n) is 4.30. The minimum atomic E-state index is -0.499. The van der Waals surface area contributed by atoms with Crippen LogP contribution in [0.15, 0.2) is 12.4 Å². The third-order valence-corrected chi connectivity index (χ3v) is 1.88. The summed E-state index contributed by atoms with van der Waals surface area (Å²) in [5.74, 6) is 6.41. The summed E-state index contributed by atoms with van der Waals surface area (Å²) in [4.78, 5) is 4.06. The summed E-state index contributed by atoms with van der Waals surface area (Å²) in [6, 6.07) is 0. The Labute approximate surface area is 78.4 Å². The molecule has 0 aliphatic carbocycles. The molecule has 0 aliphatic heterocycles. The van der Waals surface area contributed by atoms with Gasteiger partial charge in [0.2, 0.25) is 0 Å². The highest BCUT2D eigenvalue weighted by Crippen LogP contribution is 2.14. The molecule has 13 heavy (non-hydrogen) atoms. The SMILES string of the molecule is CC#CCCC(O)c1nccn1C. The van der Waals surface area contributed by atoms with Gasteiger partial charge in [0.05, 0.1) is 0 Å². The maximum absolute atomic E-state index is 9.67. The Morgan fingerprint density at radius 1 is 1.69 bits per heavy atom. The van der Waals surface area contributed by atoms with Crippen LogP contribution in [0.4, 0.5) is 0 Å². The Morgan fingerprint density at radius 2 is 2.46 bits per heavy atom. The number of aromatic nitrogens is 2. The largest absolute Gasteiger partial charge is 0.385 e. The lowest BCUT2D eigenvalue weighted by molar-refractivity contribution is 0.156. The third-order valence-electron chi connectivity index (χ3n) is 1.88. The number of rotatable bonds is 3. The second-order valence-corrected chi connectivity index (χ2v) is 2.88. The molecule has 3 nitrogen and oxygen atoms in total. The number of imidazole rings is 1. The van der Waals surface area contributed by atoms with Crippen molar-refractivity contribution in [1.29, 1.82) is 0 Å². The zero-order chi connectivity index (χ0) is 9.68. The Hall–Kier alpha value is -1.27. The van der Waals surface area contributed by atoms with Crippen molar-refractivity contribution in [2.75, 3.05) is 0 Å². The van der Waals surface area contributed by atoms with E-state index in [1.807, 2.05) is 17.8 Å². The molecule has 0 saturated carbocycles. The highest BCUT2D eigenvalue weighted by Gasteiger charge is 2.10. The van der Waals surface area contributed by atoms with Gasteiger partial charge in [-0.2, -0.15) is 0 Å². The first kappa shape index (κ1) is 9.82. The molecule has 1 rings (SSSR count). The average Bonchev–Trinajstić information content (AvgIpc) is 2.52. The molecule has 3 heteroatoms. The fourth-order valence-corrected chi connectivity index (χ4v) is 1.16. The van der Waals surface area contributed by atoms with Crippen LogP contribution in [0.2, 0.25) is 0 Å². The molecule has 0 radical (unpaired) electrons. The second-order valence-electron chi connectivity index (χ2n) is 2.88. The third kappa shape index (κ3) is 2.60. The molecular weight excluding hydrogens is 164 g/mol. The van der Waals surface area contributed by atoms with Gasteiger partial charge in [-0.3, -0.25) is 0 Å². The number of hydrogen-bond acceptors (Lipinski definition) is 2. The molecule has 0 spiro atoms. The summed E-state index contributed by atoms with van der Waals surface area (Å²) in [5, 5.41) is 9.67. The van der Waals surface area contributed by atoms with Gasteiger partial charge in [0, 0.05) is 25.9 Å². The van der Waals surface area contributed by atoms with E-state index in [2.05, 4.69) is 16.8 Å². The summed E-state index contributed by atoms with van der Waals surface area (Å²) in [7, 11) is 1.87. The van der Waals surface area contributed by atoms with Crippen LogP contribution in [-0.2, 0) is 7.05 Å². The summed E-state index contributed by atoms with van der Waals surface area (Å²) >= 11 is 0. The van der Waals surface area contributed by atoms with Gasteiger partial charge in [-0.15, -0.1) is 11.8 Å². The maximum Gasteiger partial charge on any atom is 0.137 e. The fourth-order valence-electron chi connectivity index (χ4n) is 1.16. The van der Waals surface area contributed by atoms with E-state index in [0.29, 0.717) is 18.7 Å². The molecular formula is C10H14N2O. The lowest BCUT2D eigenvalue weighted by Crippen LogP contribution is -2.04. The van der Waals surface area contributed by atoms with E-state index in [4.69, 9.17) is 0 Å².